The van der Waals surface area contributed by atoms with Crippen LogP contribution < -0.4 is 5.32 Å². The van der Waals surface area contributed by atoms with Gasteiger partial charge in [0, 0.05) is 23.9 Å². The van der Waals surface area contributed by atoms with Crippen LogP contribution in [-0.2, 0) is 4.79 Å². The molecule has 1 amide bonds. The third-order valence-corrected chi connectivity index (χ3v) is 4.27. The number of nitrogens with zero attached hydrogens (tertiary/aromatic N) is 2. The lowest BCUT2D eigenvalue weighted by Crippen LogP contribution is -2.07. The number of nitro groups is 1. The number of benzene rings is 3. The Bertz CT molecular complexity index is 1300. The normalized spacial score (nSPS) is 11.1. The van der Waals surface area contributed by atoms with Crippen molar-refractivity contribution in [1.82, 2.24) is 4.98 Å². The number of oxazole rings is 1. The van der Waals surface area contributed by atoms with Crippen LogP contribution in [-0.4, -0.2) is 15.8 Å². The fourth-order valence-corrected chi connectivity index (χ4v) is 2.85. The molecule has 0 bridgehead atoms. The number of carbonyl (C=O) groups excluding carboxylic acids is 1. The number of nitrogens with one attached hydrogen (secondary N) is 1. The molecule has 0 saturated carbocycles. The molecule has 0 radical (unpaired) electrons. The molecule has 4 rings (SSSR count). The first kappa shape index (κ1) is 19.0. The van der Waals surface area contributed by atoms with Crippen LogP contribution in [0.4, 0.5) is 15.8 Å². The molecule has 4 aromatic rings. The van der Waals surface area contributed by atoms with Crippen LogP contribution in [0.1, 0.15) is 5.56 Å². The van der Waals surface area contributed by atoms with E-state index in [1.807, 2.05) is 0 Å². The summed E-state index contributed by atoms with van der Waals surface area (Å²) in [6.07, 6.45) is 2.75. The molecule has 8 heteroatoms. The third kappa shape index (κ3) is 4.07. The molecule has 148 valence electrons. The first-order valence-corrected chi connectivity index (χ1v) is 8.88. The Morgan fingerprint density at radius 3 is 2.73 bits per heavy atom. The Morgan fingerprint density at radius 1 is 1.10 bits per heavy atom. The number of halogens is 1. The minimum Gasteiger partial charge on any atom is -0.436 e. The predicted molar refractivity (Wildman–Crippen MR) is 110 cm³/mol. The number of non-ortho nitro benzene ring substituents is 1. The molecule has 0 aliphatic heterocycles. The maximum absolute atomic E-state index is 13.9. The first-order chi connectivity index (χ1) is 14.5. The van der Waals surface area contributed by atoms with Crippen LogP contribution in [0, 0.1) is 15.9 Å². The van der Waals surface area contributed by atoms with Gasteiger partial charge in [-0.1, -0.05) is 24.3 Å². The van der Waals surface area contributed by atoms with E-state index >= 15 is 0 Å². The maximum atomic E-state index is 13.9. The highest BCUT2D eigenvalue weighted by Gasteiger charge is 2.12. The largest absolute Gasteiger partial charge is 0.436 e. The van der Waals surface area contributed by atoms with Crippen LogP contribution in [0.15, 0.2) is 77.2 Å². The van der Waals surface area contributed by atoms with Gasteiger partial charge in [0.2, 0.25) is 11.8 Å². The molecule has 30 heavy (non-hydrogen) atoms. The van der Waals surface area contributed by atoms with E-state index in [1.54, 1.807) is 48.5 Å². The van der Waals surface area contributed by atoms with Crippen molar-refractivity contribution in [3.63, 3.8) is 0 Å². The Balaban J connectivity index is 1.51. The van der Waals surface area contributed by atoms with Crippen molar-refractivity contribution in [2.45, 2.75) is 0 Å². The van der Waals surface area contributed by atoms with Gasteiger partial charge in [-0.15, -0.1) is 0 Å². The lowest BCUT2D eigenvalue weighted by atomic mass is 10.2. The van der Waals surface area contributed by atoms with Crippen molar-refractivity contribution in [3.05, 3.63) is 94.3 Å². The number of nitro benzene ring substituents is 1. The zero-order valence-corrected chi connectivity index (χ0v) is 15.4. The van der Waals surface area contributed by atoms with Gasteiger partial charge in [-0.05, 0) is 42.0 Å². The van der Waals surface area contributed by atoms with Crippen LogP contribution in [0.5, 0.6) is 0 Å². The molecule has 0 fully saturated rings. The fraction of sp³-hybridized carbons (Fsp3) is 0. The van der Waals surface area contributed by atoms with Crippen molar-refractivity contribution < 1.29 is 18.5 Å². The Hall–Kier alpha value is -4.33. The van der Waals surface area contributed by atoms with E-state index in [1.165, 1.54) is 30.4 Å². The van der Waals surface area contributed by atoms with Gasteiger partial charge in [-0.3, -0.25) is 14.9 Å². The molecular weight excluding hydrogens is 389 g/mol. The van der Waals surface area contributed by atoms with Gasteiger partial charge in [-0.2, -0.15) is 0 Å². The molecule has 0 aliphatic rings. The SMILES string of the molecule is O=C(C=Cc1cccc([N+](=O)[O-])c1)Nc1ccc2oc(-c3ccccc3F)nc2c1. The van der Waals surface area contributed by atoms with Gasteiger partial charge in [-0.25, -0.2) is 9.37 Å². The summed E-state index contributed by atoms with van der Waals surface area (Å²) in [6, 6.07) is 17.0. The zero-order valence-electron chi connectivity index (χ0n) is 15.4. The number of amides is 1. The standard InChI is InChI=1S/C22H14FN3O4/c23-18-7-2-1-6-17(18)22-25-19-13-15(9-10-20(19)30-22)24-21(27)11-8-14-4-3-5-16(12-14)26(28)29/h1-13H,(H,24,27). The van der Waals surface area contributed by atoms with Crippen molar-refractivity contribution in [1.29, 1.82) is 0 Å². The van der Waals surface area contributed by atoms with Crippen molar-refractivity contribution in [3.8, 4) is 11.5 Å². The molecule has 0 unspecified atom stereocenters. The molecular formula is C22H14FN3O4. The number of aromatic nitrogens is 1. The van der Waals surface area contributed by atoms with Gasteiger partial charge in [0.05, 0.1) is 10.5 Å². The highest BCUT2D eigenvalue weighted by atomic mass is 19.1. The number of hydrogen-bond donors (Lipinski definition) is 1. The highest BCUT2D eigenvalue weighted by Crippen LogP contribution is 2.27. The van der Waals surface area contributed by atoms with Gasteiger partial charge >= 0.3 is 0 Å². The van der Waals surface area contributed by atoms with E-state index in [4.69, 9.17) is 4.42 Å². The number of carbonyl (C=O) groups is 1. The Labute approximate surface area is 169 Å². The van der Waals surface area contributed by atoms with Crippen molar-refractivity contribution >= 4 is 34.5 Å². The average Bonchev–Trinajstić information content (AvgIpc) is 3.16. The summed E-state index contributed by atoms with van der Waals surface area (Å²) >= 11 is 0. The molecule has 0 saturated heterocycles. The van der Waals surface area contributed by atoms with Gasteiger partial charge in [0.25, 0.3) is 5.69 Å². The van der Waals surface area contributed by atoms with Crippen molar-refractivity contribution in [2.24, 2.45) is 0 Å². The van der Waals surface area contributed by atoms with Crippen LogP contribution in [0.2, 0.25) is 0 Å². The number of rotatable bonds is 5. The monoisotopic (exact) mass is 403 g/mol. The summed E-state index contributed by atoms with van der Waals surface area (Å²) in [5.41, 5.74) is 2.12. The van der Waals surface area contributed by atoms with E-state index in [0.29, 0.717) is 22.4 Å². The van der Waals surface area contributed by atoms with E-state index < -0.39 is 16.6 Å². The van der Waals surface area contributed by atoms with Crippen molar-refractivity contribution in [2.75, 3.05) is 5.32 Å². The third-order valence-electron chi connectivity index (χ3n) is 4.27. The Kier molecular flexibility index (Phi) is 5.04. The maximum Gasteiger partial charge on any atom is 0.270 e. The van der Waals surface area contributed by atoms with E-state index in [0.717, 1.165) is 0 Å². The quantitative estimate of drug-likeness (QED) is 0.281. The van der Waals surface area contributed by atoms with Gasteiger partial charge in [0.15, 0.2) is 5.58 Å². The average molecular weight is 403 g/mol. The van der Waals surface area contributed by atoms with E-state index in [2.05, 4.69) is 10.3 Å². The topological polar surface area (TPSA) is 98.3 Å². The Morgan fingerprint density at radius 2 is 1.93 bits per heavy atom. The second-order valence-electron chi connectivity index (χ2n) is 6.36. The minimum absolute atomic E-state index is 0.0558. The smallest absolute Gasteiger partial charge is 0.270 e. The van der Waals surface area contributed by atoms with E-state index in [-0.39, 0.29) is 17.1 Å². The summed E-state index contributed by atoms with van der Waals surface area (Å²) in [6.45, 7) is 0. The number of hydrogen-bond acceptors (Lipinski definition) is 5. The van der Waals surface area contributed by atoms with Crippen LogP contribution >= 0.6 is 0 Å². The second-order valence-corrected chi connectivity index (χ2v) is 6.36. The first-order valence-electron chi connectivity index (χ1n) is 8.88. The summed E-state index contributed by atoms with van der Waals surface area (Å²) in [5.74, 6) is -0.709. The summed E-state index contributed by atoms with van der Waals surface area (Å²) in [5, 5.41) is 13.5. The highest BCUT2D eigenvalue weighted by molar-refractivity contribution is 6.02. The molecule has 1 heterocycles. The fourth-order valence-electron chi connectivity index (χ4n) is 2.85. The van der Waals surface area contributed by atoms with E-state index in [9.17, 15) is 19.3 Å². The van der Waals surface area contributed by atoms with Crippen LogP contribution in [0.25, 0.3) is 28.6 Å². The molecule has 1 N–H and O–H groups in total. The molecule has 1 aromatic heterocycles. The number of anilines is 1. The summed E-state index contributed by atoms with van der Waals surface area (Å²) < 4.78 is 19.5. The lowest BCUT2D eigenvalue weighted by Gasteiger charge is -2.01. The molecule has 3 aromatic carbocycles. The summed E-state index contributed by atoms with van der Waals surface area (Å²) in [4.78, 5) is 26.8. The van der Waals surface area contributed by atoms with Crippen LogP contribution in [0.3, 0.4) is 0 Å². The van der Waals surface area contributed by atoms with Gasteiger partial charge in [0.1, 0.15) is 11.3 Å². The molecule has 0 spiro atoms. The predicted octanol–water partition coefficient (Wildman–Crippen LogP) is 5.19. The minimum atomic E-state index is -0.500. The zero-order chi connectivity index (χ0) is 21.1. The lowest BCUT2D eigenvalue weighted by molar-refractivity contribution is -0.384. The number of fused-ring (bicyclic) bond motifs is 1. The second kappa shape index (κ2) is 7.96. The molecule has 0 aliphatic carbocycles. The molecule has 0 atom stereocenters. The van der Waals surface area contributed by atoms with Gasteiger partial charge < -0.3 is 9.73 Å². The molecule has 7 nitrogen and oxygen atoms in total. The summed E-state index contributed by atoms with van der Waals surface area (Å²) in [7, 11) is 0.